The molecule has 1 aromatic heterocycles. The van der Waals surface area contributed by atoms with Crippen LogP contribution in [0.4, 0.5) is 10.5 Å². The van der Waals surface area contributed by atoms with E-state index < -0.39 is 0 Å². The summed E-state index contributed by atoms with van der Waals surface area (Å²) in [6, 6.07) is 18.8. The lowest BCUT2D eigenvalue weighted by atomic mass is 9.98. The molecular weight excluding hydrogens is 354 g/mol. The van der Waals surface area contributed by atoms with Gasteiger partial charge >= 0.3 is 6.03 Å². The van der Waals surface area contributed by atoms with Crippen molar-refractivity contribution in [3.05, 3.63) is 78.1 Å². The number of hydrogen-bond acceptors (Lipinski definition) is 3. The number of aromatic nitrogens is 1. The van der Waals surface area contributed by atoms with Crippen LogP contribution in [0.25, 0.3) is 0 Å². The third-order valence-corrected chi connectivity index (χ3v) is 5.06. The largest absolute Gasteiger partial charge is 0.497 e. The summed E-state index contributed by atoms with van der Waals surface area (Å²) in [7, 11) is 3.27. The van der Waals surface area contributed by atoms with E-state index in [0.717, 1.165) is 35.0 Å². The number of amides is 2. The maximum atomic E-state index is 13.2. The number of anilines is 1. The Morgan fingerprint density at radius 1 is 1.00 bits per heavy atom. The lowest BCUT2D eigenvalue weighted by Crippen LogP contribution is -2.44. The number of nitrogens with one attached hydrogen (secondary N) is 1. The minimum Gasteiger partial charge on any atom is -0.497 e. The SMILES string of the molecule is COc1ccc(OC)c([C@H]2c3cccn3CCN2C(=O)Nc2ccccc2)c1. The summed E-state index contributed by atoms with van der Waals surface area (Å²) in [5.41, 5.74) is 2.70. The summed E-state index contributed by atoms with van der Waals surface area (Å²) in [4.78, 5) is 15.0. The molecule has 2 amide bonds. The number of methoxy groups -OCH3 is 2. The predicted octanol–water partition coefficient (Wildman–Crippen LogP) is 4.14. The molecule has 1 atom stereocenters. The van der Waals surface area contributed by atoms with E-state index in [1.807, 2.05) is 71.8 Å². The summed E-state index contributed by atoms with van der Waals surface area (Å²) in [6.45, 7) is 1.33. The number of rotatable bonds is 4. The third kappa shape index (κ3) is 3.29. The van der Waals surface area contributed by atoms with Crippen LogP contribution in [0.1, 0.15) is 17.3 Å². The van der Waals surface area contributed by atoms with Gasteiger partial charge in [0.25, 0.3) is 0 Å². The van der Waals surface area contributed by atoms with Crippen LogP contribution >= 0.6 is 0 Å². The van der Waals surface area contributed by atoms with Crippen molar-refractivity contribution in [3.8, 4) is 11.5 Å². The quantitative estimate of drug-likeness (QED) is 0.743. The van der Waals surface area contributed by atoms with E-state index in [1.165, 1.54) is 0 Å². The Labute approximate surface area is 164 Å². The zero-order valence-electron chi connectivity index (χ0n) is 16.0. The van der Waals surface area contributed by atoms with Gasteiger partial charge in [-0.2, -0.15) is 0 Å². The standard InChI is InChI=1S/C22H23N3O3/c1-27-17-10-11-20(28-2)18(15-17)21-19-9-6-12-24(19)13-14-25(21)22(26)23-16-7-4-3-5-8-16/h3-12,15,21H,13-14H2,1-2H3,(H,23,26)/t21-/m0/s1. The van der Waals surface area contributed by atoms with Gasteiger partial charge in [-0.15, -0.1) is 0 Å². The molecule has 28 heavy (non-hydrogen) atoms. The molecule has 3 aromatic rings. The zero-order valence-corrected chi connectivity index (χ0v) is 16.0. The van der Waals surface area contributed by atoms with Crippen molar-refractivity contribution in [1.82, 2.24) is 9.47 Å². The molecule has 2 heterocycles. The van der Waals surface area contributed by atoms with E-state index >= 15 is 0 Å². The van der Waals surface area contributed by atoms with Crippen molar-refractivity contribution < 1.29 is 14.3 Å². The molecule has 6 nitrogen and oxygen atoms in total. The lowest BCUT2D eigenvalue weighted by Gasteiger charge is -2.37. The fourth-order valence-corrected chi connectivity index (χ4v) is 3.70. The minimum atomic E-state index is -0.280. The summed E-state index contributed by atoms with van der Waals surface area (Å²) >= 11 is 0. The fraction of sp³-hybridized carbons (Fsp3) is 0.227. The zero-order chi connectivity index (χ0) is 19.5. The average Bonchev–Trinajstić information content (AvgIpc) is 3.22. The highest BCUT2D eigenvalue weighted by Gasteiger charge is 2.34. The first-order chi connectivity index (χ1) is 13.7. The maximum absolute atomic E-state index is 13.2. The van der Waals surface area contributed by atoms with Crippen molar-refractivity contribution >= 4 is 11.7 Å². The molecule has 0 spiro atoms. The van der Waals surface area contributed by atoms with Crippen molar-refractivity contribution in [1.29, 1.82) is 0 Å². The predicted molar refractivity (Wildman–Crippen MR) is 108 cm³/mol. The monoisotopic (exact) mass is 377 g/mol. The van der Waals surface area contributed by atoms with Gasteiger partial charge in [0, 0.05) is 36.2 Å². The van der Waals surface area contributed by atoms with Crippen LogP contribution in [0, 0.1) is 0 Å². The van der Waals surface area contributed by atoms with Gasteiger partial charge in [0.2, 0.25) is 0 Å². The Hall–Kier alpha value is -3.41. The first kappa shape index (κ1) is 18.0. The van der Waals surface area contributed by atoms with E-state index in [4.69, 9.17) is 9.47 Å². The third-order valence-electron chi connectivity index (χ3n) is 5.06. The molecule has 2 aromatic carbocycles. The normalized spacial score (nSPS) is 15.6. The molecular formula is C22H23N3O3. The van der Waals surface area contributed by atoms with E-state index in [9.17, 15) is 4.79 Å². The molecule has 144 valence electrons. The first-order valence-electron chi connectivity index (χ1n) is 9.21. The Morgan fingerprint density at radius 3 is 2.57 bits per heavy atom. The molecule has 1 aliphatic heterocycles. The van der Waals surface area contributed by atoms with Crippen molar-refractivity contribution in [2.75, 3.05) is 26.1 Å². The number of hydrogen-bond donors (Lipinski definition) is 1. The highest BCUT2D eigenvalue weighted by atomic mass is 16.5. The van der Waals surface area contributed by atoms with Crippen LogP contribution in [0.2, 0.25) is 0 Å². The van der Waals surface area contributed by atoms with E-state index in [1.54, 1.807) is 14.2 Å². The topological polar surface area (TPSA) is 55.7 Å². The Morgan fingerprint density at radius 2 is 1.82 bits per heavy atom. The Bertz CT molecular complexity index is 968. The smallest absolute Gasteiger partial charge is 0.322 e. The molecule has 4 rings (SSSR count). The number of carbonyl (C=O) groups excluding carboxylic acids is 1. The average molecular weight is 377 g/mol. The van der Waals surface area contributed by atoms with Gasteiger partial charge in [0.15, 0.2) is 0 Å². The van der Waals surface area contributed by atoms with Crippen LogP contribution < -0.4 is 14.8 Å². The molecule has 0 bridgehead atoms. The van der Waals surface area contributed by atoms with Gasteiger partial charge in [-0.3, -0.25) is 0 Å². The van der Waals surface area contributed by atoms with E-state index in [-0.39, 0.29) is 12.1 Å². The highest BCUT2D eigenvalue weighted by Crippen LogP contribution is 2.39. The van der Waals surface area contributed by atoms with Crippen molar-refractivity contribution in [2.45, 2.75) is 12.6 Å². The number of fused-ring (bicyclic) bond motifs is 1. The van der Waals surface area contributed by atoms with Crippen molar-refractivity contribution in [2.24, 2.45) is 0 Å². The molecule has 1 aliphatic rings. The van der Waals surface area contributed by atoms with Crippen LogP contribution in [0.5, 0.6) is 11.5 Å². The molecule has 0 saturated heterocycles. The molecule has 1 N–H and O–H groups in total. The molecule has 0 saturated carbocycles. The second-order valence-electron chi connectivity index (χ2n) is 6.63. The van der Waals surface area contributed by atoms with E-state index in [0.29, 0.717) is 6.54 Å². The van der Waals surface area contributed by atoms with Gasteiger partial charge < -0.3 is 24.3 Å². The van der Waals surface area contributed by atoms with Crippen LogP contribution in [-0.4, -0.2) is 36.3 Å². The maximum Gasteiger partial charge on any atom is 0.322 e. The second kappa shape index (κ2) is 7.68. The molecule has 6 heteroatoms. The van der Waals surface area contributed by atoms with Crippen LogP contribution in [0.3, 0.4) is 0 Å². The number of carbonyl (C=O) groups is 1. The van der Waals surface area contributed by atoms with Crippen LogP contribution in [-0.2, 0) is 6.54 Å². The summed E-state index contributed by atoms with van der Waals surface area (Å²) < 4.78 is 13.2. The lowest BCUT2D eigenvalue weighted by molar-refractivity contribution is 0.180. The number of nitrogens with zero attached hydrogens (tertiary/aromatic N) is 2. The number of ether oxygens (including phenoxy) is 2. The fourth-order valence-electron chi connectivity index (χ4n) is 3.70. The Kier molecular flexibility index (Phi) is 4.93. The second-order valence-corrected chi connectivity index (χ2v) is 6.63. The number of benzene rings is 2. The molecule has 0 fully saturated rings. The van der Waals surface area contributed by atoms with Gasteiger partial charge in [-0.05, 0) is 42.5 Å². The molecule has 0 unspecified atom stereocenters. The first-order valence-corrected chi connectivity index (χ1v) is 9.21. The number of para-hydroxylation sites is 1. The minimum absolute atomic E-state index is 0.145. The van der Waals surface area contributed by atoms with Crippen LogP contribution in [0.15, 0.2) is 66.9 Å². The number of urea groups is 1. The van der Waals surface area contributed by atoms with E-state index in [2.05, 4.69) is 9.88 Å². The van der Waals surface area contributed by atoms with Gasteiger partial charge in [0.1, 0.15) is 17.5 Å². The molecule has 0 radical (unpaired) electrons. The summed E-state index contributed by atoms with van der Waals surface area (Å²) in [6.07, 6.45) is 2.04. The summed E-state index contributed by atoms with van der Waals surface area (Å²) in [5.74, 6) is 1.45. The van der Waals surface area contributed by atoms with Gasteiger partial charge in [0.05, 0.1) is 14.2 Å². The van der Waals surface area contributed by atoms with Crippen molar-refractivity contribution in [3.63, 3.8) is 0 Å². The summed E-state index contributed by atoms with van der Waals surface area (Å²) in [5, 5.41) is 3.01. The molecule has 0 aliphatic carbocycles. The highest BCUT2D eigenvalue weighted by molar-refractivity contribution is 5.90. The van der Waals surface area contributed by atoms with Gasteiger partial charge in [-0.1, -0.05) is 18.2 Å². The Balaban J connectivity index is 1.76. The van der Waals surface area contributed by atoms with Gasteiger partial charge in [-0.25, -0.2) is 4.79 Å².